The van der Waals surface area contributed by atoms with Crippen LogP contribution in [0.4, 0.5) is 0 Å². The van der Waals surface area contributed by atoms with Gasteiger partial charge in [-0.1, -0.05) is 6.42 Å². The number of nitrogens with zero attached hydrogens (tertiary/aromatic N) is 1. The molecule has 0 spiro atoms. The number of amides is 1. The van der Waals surface area contributed by atoms with E-state index >= 15 is 0 Å². The Labute approximate surface area is 104 Å². The molecule has 0 aliphatic carbocycles. The van der Waals surface area contributed by atoms with Crippen LogP contribution in [-0.4, -0.2) is 35.6 Å². The Morgan fingerprint density at radius 3 is 2.53 bits per heavy atom. The lowest BCUT2D eigenvalue weighted by atomic mass is 10.00. The predicted molar refractivity (Wildman–Crippen MR) is 68.4 cm³/mol. The standard InChI is InChI=1S/C13H25N3O/c1-10-5-3-6-11(2)16(10)15-13(17)9-12-7-4-8-14-12/h10-12,14H,3-9H2,1-2H3,(H,15,17). The van der Waals surface area contributed by atoms with Crippen LogP contribution in [0.2, 0.25) is 0 Å². The molecular formula is C13H25N3O. The van der Waals surface area contributed by atoms with Crippen LogP contribution >= 0.6 is 0 Å². The minimum atomic E-state index is 0.171. The fraction of sp³-hybridized carbons (Fsp3) is 0.923. The molecule has 2 aliphatic rings. The van der Waals surface area contributed by atoms with E-state index in [2.05, 4.69) is 29.6 Å². The van der Waals surface area contributed by atoms with Crippen molar-refractivity contribution in [2.45, 2.75) is 70.5 Å². The molecule has 0 radical (unpaired) electrons. The molecule has 2 rings (SSSR count). The monoisotopic (exact) mass is 239 g/mol. The number of hydrogen-bond donors (Lipinski definition) is 2. The van der Waals surface area contributed by atoms with Crippen LogP contribution in [0.5, 0.6) is 0 Å². The van der Waals surface area contributed by atoms with E-state index in [0.29, 0.717) is 24.5 Å². The van der Waals surface area contributed by atoms with Gasteiger partial charge in [0, 0.05) is 24.5 Å². The van der Waals surface area contributed by atoms with Gasteiger partial charge in [-0.3, -0.25) is 10.2 Å². The molecule has 4 heteroatoms. The lowest BCUT2D eigenvalue weighted by molar-refractivity contribution is -0.129. The van der Waals surface area contributed by atoms with Crippen molar-refractivity contribution in [3.05, 3.63) is 0 Å². The molecule has 2 fully saturated rings. The molecular weight excluding hydrogens is 214 g/mol. The number of rotatable bonds is 3. The number of hydrazine groups is 1. The number of hydrogen-bond acceptors (Lipinski definition) is 3. The third-order valence-electron chi connectivity index (χ3n) is 4.04. The predicted octanol–water partition coefficient (Wildman–Crippen LogP) is 1.42. The smallest absolute Gasteiger partial charge is 0.235 e. The van der Waals surface area contributed by atoms with E-state index in [4.69, 9.17) is 0 Å². The van der Waals surface area contributed by atoms with Crippen molar-refractivity contribution in [1.29, 1.82) is 0 Å². The van der Waals surface area contributed by atoms with Gasteiger partial charge in [-0.2, -0.15) is 0 Å². The SMILES string of the molecule is CC1CCCC(C)N1NC(=O)CC1CCCN1. The maximum atomic E-state index is 12.0. The highest BCUT2D eigenvalue weighted by Gasteiger charge is 2.27. The van der Waals surface area contributed by atoms with Gasteiger partial charge >= 0.3 is 0 Å². The highest BCUT2D eigenvalue weighted by Crippen LogP contribution is 2.20. The molecule has 2 N–H and O–H groups in total. The Morgan fingerprint density at radius 1 is 1.24 bits per heavy atom. The summed E-state index contributed by atoms with van der Waals surface area (Å²) in [5.74, 6) is 0.171. The van der Waals surface area contributed by atoms with Gasteiger partial charge in [-0.05, 0) is 46.1 Å². The third-order valence-corrected chi connectivity index (χ3v) is 4.04. The average molecular weight is 239 g/mol. The Bertz CT molecular complexity index is 253. The van der Waals surface area contributed by atoms with Crippen LogP contribution in [0, 0.1) is 0 Å². The zero-order valence-corrected chi connectivity index (χ0v) is 11.0. The summed E-state index contributed by atoms with van der Waals surface area (Å²) < 4.78 is 0. The second-order valence-electron chi connectivity index (χ2n) is 5.57. The highest BCUT2D eigenvalue weighted by atomic mass is 16.2. The first-order valence-corrected chi connectivity index (χ1v) is 6.98. The number of carbonyl (C=O) groups excluding carboxylic acids is 1. The molecule has 0 aromatic rings. The van der Waals surface area contributed by atoms with Crippen molar-refractivity contribution < 1.29 is 4.79 Å². The fourth-order valence-electron chi connectivity index (χ4n) is 2.99. The summed E-state index contributed by atoms with van der Waals surface area (Å²) in [4.78, 5) is 12.0. The molecule has 0 saturated carbocycles. The molecule has 2 saturated heterocycles. The third kappa shape index (κ3) is 3.42. The first-order valence-electron chi connectivity index (χ1n) is 6.98. The van der Waals surface area contributed by atoms with Gasteiger partial charge in [-0.25, -0.2) is 5.01 Å². The normalized spacial score (nSPS) is 34.8. The molecule has 0 aromatic heterocycles. The van der Waals surface area contributed by atoms with Crippen molar-refractivity contribution in [3.8, 4) is 0 Å². The molecule has 98 valence electrons. The molecule has 0 aromatic carbocycles. The minimum Gasteiger partial charge on any atom is -0.313 e. The van der Waals surface area contributed by atoms with E-state index in [-0.39, 0.29) is 5.91 Å². The number of carbonyl (C=O) groups is 1. The van der Waals surface area contributed by atoms with E-state index < -0.39 is 0 Å². The van der Waals surface area contributed by atoms with E-state index in [1.807, 2.05) is 0 Å². The molecule has 0 bridgehead atoms. The molecule has 4 nitrogen and oxygen atoms in total. The summed E-state index contributed by atoms with van der Waals surface area (Å²) >= 11 is 0. The summed E-state index contributed by atoms with van der Waals surface area (Å²) in [6.45, 7) is 5.46. The second kappa shape index (κ2) is 5.83. The lowest BCUT2D eigenvalue weighted by Crippen LogP contribution is -2.54. The quantitative estimate of drug-likeness (QED) is 0.783. The zero-order chi connectivity index (χ0) is 12.3. The summed E-state index contributed by atoms with van der Waals surface area (Å²) in [5.41, 5.74) is 3.10. The van der Waals surface area contributed by atoms with Crippen molar-refractivity contribution in [1.82, 2.24) is 15.8 Å². The van der Waals surface area contributed by atoms with Crippen LogP contribution in [0.25, 0.3) is 0 Å². The van der Waals surface area contributed by atoms with Gasteiger partial charge in [0.05, 0.1) is 0 Å². The topological polar surface area (TPSA) is 44.4 Å². The van der Waals surface area contributed by atoms with Gasteiger partial charge < -0.3 is 5.32 Å². The Morgan fingerprint density at radius 2 is 1.94 bits per heavy atom. The molecule has 2 aliphatic heterocycles. The van der Waals surface area contributed by atoms with Crippen LogP contribution < -0.4 is 10.7 Å². The molecule has 3 atom stereocenters. The van der Waals surface area contributed by atoms with Gasteiger partial charge in [0.25, 0.3) is 0 Å². The van der Waals surface area contributed by atoms with Gasteiger partial charge in [-0.15, -0.1) is 0 Å². The van der Waals surface area contributed by atoms with Crippen LogP contribution in [0.1, 0.15) is 52.4 Å². The average Bonchev–Trinajstić information content (AvgIpc) is 2.76. The van der Waals surface area contributed by atoms with Crippen LogP contribution in [-0.2, 0) is 4.79 Å². The van der Waals surface area contributed by atoms with Crippen molar-refractivity contribution >= 4 is 5.91 Å². The minimum absolute atomic E-state index is 0.171. The van der Waals surface area contributed by atoms with E-state index in [1.54, 1.807) is 0 Å². The van der Waals surface area contributed by atoms with E-state index in [9.17, 15) is 4.79 Å². The molecule has 1 amide bonds. The Balaban J connectivity index is 1.79. The van der Waals surface area contributed by atoms with Crippen molar-refractivity contribution in [2.24, 2.45) is 0 Å². The maximum Gasteiger partial charge on any atom is 0.235 e. The highest BCUT2D eigenvalue weighted by molar-refractivity contribution is 5.76. The zero-order valence-electron chi connectivity index (χ0n) is 11.0. The summed E-state index contributed by atoms with van der Waals surface area (Å²) in [7, 11) is 0. The summed E-state index contributed by atoms with van der Waals surface area (Å²) in [5, 5.41) is 5.52. The van der Waals surface area contributed by atoms with Crippen LogP contribution in [0.15, 0.2) is 0 Å². The second-order valence-corrected chi connectivity index (χ2v) is 5.57. The Hall–Kier alpha value is -0.610. The van der Waals surface area contributed by atoms with E-state index in [1.165, 1.54) is 25.7 Å². The van der Waals surface area contributed by atoms with Gasteiger partial charge in [0.1, 0.15) is 0 Å². The molecule has 2 heterocycles. The maximum absolute atomic E-state index is 12.0. The van der Waals surface area contributed by atoms with Gasteiger partial charge in [0.15, 0.2) is 0 Å². The largest absolute Gasteiger partial charge is 0.313 e. The number of piperidine rings is 1. The van der Waals surface area contributed by atoms with Crippen molar-refractivity contribution in [2.75, 3.05) is 6.54 Å². The Kier molecular flexibility index (Phi) is 4.40. The lowest BCUT2D eigenvalue weighted by Gasteiger charge is -2.38. The first-order chi connectivity index (χ1) is 8.16. The first kappa shape index (κ1) is 12.8. The molecule has 17 heavy (non-hydrogen) atoms. The van der Waals surface area contributed by atoms with Gasteiger partial charge in [0.2, 0.25) is 5.91 Å². The molecule has 3 unspecified atom stereocenters. The van der Waals surface area contributed by atoms with Crippen molar-refractivity contribution in [3.63, 3.8) is 0 Å². The van der Waals surface area contributed by atoms with Crippen LogP contribution in [0.3, 0.4) is 0 Å². The summed E-state index contributed by atoms with van der Waals surface area (Å²) in [6.07, 6.45) is 6.61. The fourth-order valence-corrected chi connectivity index (χ4v) is 2.99. The number of nitrogens with one attached hydrogen (secondary N) is 2. The van der Waals surface area contributed by atoms with E-state index in [0.717, 1.165) is 13.0 Å². The summed E-state index contributed by atoms with van der Waals surface area (Å²) in [6, 6.07) is 1.34.